The Morgan fingerprint density at radius 3 is 2.39 bits per heavy atom. The number of hydrogen-bond donors (Lipinski definition) is 1. The summed E-state index contributed by atoms with van der Waals surface area (Å²) in [6.45, 7) is 12.7. The van der Waals surface area contributed by atoms with E-state index in [4.69, 9.17) is 9.47 Å². The van der Waals surface area contributed by atoms with Crippen LogP contribution in [0.3, 0.4) is 0 Å². The first-order chi connectivity index (χ1) is 8.45. The third kappa shape index (κ3) is 13.9. The number of nitrogens with one attached hydrogen (secondary N) is 1. The summed E-state index contributed by atoms with van der Waals surface area (Å²) < 4.78 is 11.2. The lowest BCUT2D eigenvalue weighted by Crippen LogP contribution is -2.36. The maximum absolute atomic E-state index is 5.67. The van der Waals surface area contributed by atoms with E-state index in [0.29, 0.717) is 6.73 Å². The molecule has 4 heteroatoms. The summed E-state index contributed by atoms with van der Waals surface area (Å²) in [5.74, 6) is 0. The zero-order valence-corrected chi connectivity index (χ0v) is 12.9. The van der Waals surface area contributed by atoms with E-state index in [-0.39, 0.29) is 5.60 Å². The minimum Gasteiger partial charge on any atom is -0.381 e. The van der Waals surface area contributed by atoms with E-state index < -0.39 is 0 Å². The maximum atomic E-state index is 5.67. The molecule has 0 unspecified atom stereocenters. The average Bonchev–Trinajstić information content (AvgIpc) is 2.29. The SMILES string of the molecule is CCCCOCCCNCN(C)COC(C)(C)C. The normalized spacial score (nSPS) is 12.3. The van der Waals surface area contributed by atoms with Crippen LogP contribution in [0.2, 0.25) is 0 Å². The molecule has 0 spiro atoms. The lowest BCUT2D eigenvalue weighted by molar-refractivity contribution is -0.0576. The van der Waals surface area contributed by atoms with Gasteiger partial charge >= 0.3 is 0 Å². The first-order valence-corrected chi connectivity index (χ1v) is 7.06. The van der Waals surface area contributed by atoms with E-state index in [9.17, 15) is 0 Å². The van der Waals surface area contributed by atoms with Crippen LogP contribution in [-0.4, -0.2) is 50.7 Å². The van der Waals surface area contributed by atoms with Crippen molar-refractivity contribution in [3.63, 3.8) is 0 Å². The largest absolute Gasteiger partial charge is 0.381 e. The van der Waals surface area contributed by atoms with Gasteiger partial charge in [0.25, 0.3) is 0 Å². The standard InChI is InChI=1S/C14H32N2O2/c1-6-7-10-17-11-8-9-15-12-16(5)13-18-14(2,3)4/h15H,6-13H2,1-5H3. The van der Waals surface area contributed by atoms with Gasteiger partial charge in [-0.2, -0.15) is 0 Å². The summed E-state index contributed by atoms with van der Waals surface area (Å²) in [4.78, 5) is 2.13. The highest BCUT2D eigenvalue weighted by Gasteiger charge is 2.10. The molecule has 0 saturated carbocycles. The predicted octanol–water partition coefficient (Wildman–Crippen LogP) is 2.44. The van der Waals surface area contributed by atoms with Gasteiger partial charge in [0.15, 0.2) is 0 Å². The van der Waals surface area contributed by atoms with Gasteiger partial charge in [0, 0.05) is 19.9 Å². The van der Waals surface area contributed by atoms with E-state index in [0.717, 1.165) is 32.8 Å². The molecule has 0 aliphatic heterocycles. The van der Waals surface area contributed by atoms with Gasteiger partial charge < -0.3 is 14.8 Å². The van der Waals surface area contributed by atoms with Crippen LogP contribution < -0.4 is 5.32 Å². The van der Waals surface area contributed by atoms with Crippen LogP contribution in [0.25, 0.3) is 0 Å². The molecular formula is C14H32N2O2. The van der Waals surface area contributed by atoms with Gasteiger partial charge in [-0.3, -0.25) is 4.90 Å². The monoisotopic (exact) mass is 260 g/mol. The fraction of sp³-hybridized carbons (Fsp3) is 1.00. The number of hydrogen-bond acceptors (Lipinski definition) is 4. The van der Waals surface area contributed by atoms with Crippen molar-refractivity contribution >= 4 is 0 Å². The molecule has 1 N–H and O–H groups in total. The summed E-state index contributed by atoms with van der Waals surface area (Å²) in [6.07, 6.45) is 3.44. The molecule has 0 saturated heterocycles. The van der Waals surface area contributed by atoms with E-state index in [1.807, 2.05) is 0 Å². The molecule has 0 atom stereocenters. The minimum atomic E-state index is -0.0681. The molecule has 110 valence electrons. The Kier molecular flexibility index (Phi) is 10.6. The quantitative estimate of drug-likeness (QED) is 0.457. The van der Waals surface area contributed by atoms with Crippen LogP contribution >= 0.6 is 0 Å². The Morgan fingerprint density at radius 2 is 1.78 bits per heavy atom. The van der Waals surface area contributed by atoms with Gasteiger partial charge in [-0.1, -0.05) is 13.3 Å². The number of ether oxygens (including phenoxy) is 2. The Balaban J connectivity index is 3.23. The van der Waals surface area contributed by atoms with Crippen molar-refractivity contribution < 1.29 is 9.47 Å². The van der Waals surface area contributed by atoms with Gasteiger partial charge in [-0.15, -0.1) is 0 Å². The summed E-state index contributed by atoms with van der Waals surface area (Å²) in [7, 11) is 2.05. The summed E-state index contributed by atoms with van der Waals surface area (Å²) in [5.41, 5.74) is -0.0681. The van der Waals surface area contributed by atoms with Gasteiger partial charge in [-0.05, 0) is 47.2 Å². The average molecular weight is 260 g/mol. The van der Waals surface area contributed by atoms with Crippen molar-refractivity contribution in [2.45, 2.75) is 52.6 Å². The first-order valence-electron chi connectivity index (χ1n) is 7.06. The van der Waals surface area contributed by atoms with E-state index in [1.165, 1.54) is 12.8 Å². The number of unbranched alkanes of at least 4 members (excludes halogenated alkanes) is 1. The molecule has 0 bridgehead atoms. The Hall–Kier alpha value is -0.160. The summed E-state index contributed by atoms with van der Waals surface area (Å²) in [6, 6.07) is 0. The molecule has 0 aromatic carbocycles. The second-order valence-electron chi connectivity index (χ2n) is 5.72. The van der Waals surface area contributed by atoms with E-state index in [2.05, 4.69) is 45.0 Å². The first kappa shape index (κ1) is 17.8. The van der Waals surface area contributed by atoms with Crippen LogP contribution in [0.1, 0.15) is 47.0 Å². The van der Waals surface area contributed by atoms with Crippen LogP contribution in [0.4, 0.5) is 0 Å². The fourth-order valence-corrected chi connectivity index (χ4v) is 1.27. The van der Waals surface area contributed by atoms with Crippen LogP contribution in [-0.2, 0) is 9.47 Å². The second kappa shape index (κ2) is 10.7. The van der Waals surface area contributed by atoms with Gasteiger partial charge in [0.05, 0.1) is 5.60 Å². The maximum Gasteiger partial charge on any atom is 0.100 e. The van der Waals surface area contributed by atoms with E-state index >= 15 is 0 Å². The van der Waals surface area contributed by atoms with Crippen LogP contribution in [0.5, 0.6) is 0 Å². The third-order valence-corrected chi connectivity index (χ3v) is 2.38. The Labute approximate surface area is 113 Å². The Morgan fingerprint density at radius 1 is 1.11 bits per heavy atom. The molecule has 0 aromatic heterocycles. The molecule has 0 amide bonds. The van der Waals surface area contributed by atoms with Crippen molar-refractivity contribution in [2.75, 3.05) is 40.2 Å². The summed E-state index contributed by atoms with van der Waals surface area (Å²) >= 11 is 0. The van der Waals surface area contributed by atoms with Crippen molar-refractivity contribution in [3.05, 3.63) is 0 Å². The smallest absolute Gasteiger partial charge is 0.100 e. The molecule has 0 rings (SSSR count). The molecule has 0 aliphatic rings. The van der Waals surface area contributed by atoms with Crippen LogP contribution in [0, 0.1) is 0 Å². The predicted molar refractivity (Wildman–Crippen MR) is 76.7 cm³/mol. The van der Waals surface area contributed by atoms with Gasteiger partial charge in [-0.25, -0.2) is 0 Å². The zero-order chi connectivity index (χ0) is 13.9. The third-order valence-electron chi connectivity index (χ3n) is 2.38. The van der Waals surface area contributed by atoms with Crippen molar-refractivity contribution in [1.82, 2.24) is 10.2 Å². The number of nitrogens with zero attached hydrogens (tertiary/aromatic N) is 1. The van der Waals surface area contributed by atoms with Crippen molar-refractivity contribution in [3.8, 4) is 0 Å². The summed E-state index contributed by atoms with van der Waals surface area (Å²) in [5, 5.41) is 3.38. The minimum absolute atomic E-state index is 0.0681. The molecule has 0 aliphatic carbocycles. The highest BCUT2D eigenvalue weighted by molar-refractivity contribution is 4.58. The zero-order valence-electron chi connectivity index (χ0n) is 12.9. The number of rotatable bonds is 11. The lowest BCUT2D eigenvalue weighted by Gasteiger charge is -2.24. The molecule has 18 heavy (non-hydrogen) atoms. The molecule has 0 aromatic rings. The molecule has 0 heterocycles. The van der Waals surface area contributed by atoms with Gasteiger partial charge in [0.2, 0.25) is 0 Å². The molecule has 0 radical (unpaired) electrons. The second-order valence-corrected chi connectivity index (χ2v) is 5.72. The highest BCUT2D eigenvalue weighted by atomic mass is 16.5. The topological polar surface area (TPSA) is 33.7 Å². The Bertz CT molecular complexity index is 181. The van der Waals surface area contributed by atoms with Crippen LogP contribution in [0.15, 0.2) is 0 Å². The molecule has 0 fully saturated rings. The molecule has 4 nitrogen and oxygen atoms in total. The van der Waals surface area contributed by atoms with Gasteiger partial charge in [0.1, 0.15) is 6.73 Å². The van der Waals surface area contributed by atoms with Crippen molar-refractivity contribution in [2.24, 2.45) is 0 Å². The lowest BCUT2D eigenvalue weighted by atomic mass is 10.2. The highest BCUT2D eigenvalue weighted by Crippen LogP contribution is 2.06. The van der Waals surface area contributed by atoms with E-state index in [1.54, 1.807) is 0 Å². The fourth-order valence-electron chi connectivity index (χ4n) is 1.27. The molecular weight excluding hydrogens is 228 g/mol. The van der Waals surface area contributed by atoms with Crippen molar-refractivity contribution in [1.29, 1.82) is 0 Å².